The molecule has 3 nitrogen and oxygen atoms in total. The Morgan fingerprint density at radius 2 is 2.33 bits per heavy atom. The Labute approximate surface area is 98.8 Å². The molecule has 0 aliphatic heterocycles. The summed E-state index contributed by atoms with van der Waals surface area (Å²) in [5.74, 6) is 1.14. The van der Waals surface area contributed by atoms with Gasteiger partial charge >= 0.3 is 0 Å². The average molecular weight is 243 g/mol. The van der Waals surface area contributed by atoms with E-state index >= 15 is 0 Å². The summed E-state index contributed by atoms with van der Waals surface area (Å²) in [4.78, 5) is 13.4. The molecule has 1 rings (SSSR count). The number of thiocarbonyl (C=S) groups is 1. The van der Waals surface area contributed by atoms with Crippen LogP contribution in [-0.2, 0) is 0 Å². The zero-order chi connectivity index (χ0) is 11.3. The summed E-state index contributed by atoms with van der Waals surface area (Å²) < 4.78 is 5.79. The van der Waals surface area contributed by atoms with Crippen molar-refractivity contribution in [3.63, 3.8) is 0 Å². The molecule has 0 saturated heterocycles. The maximum absolute atomic E-state index is 11.5. The third kappa shape index (κ3) is 4.05. The van der Waals surface area contributed by atoms with Crippen LogP contribution in [0.1, 0.15) is 17.0 Å². The molecule has 0 atom stereocenters. The molecular formula is C10H13NO2S2. The van der Waals surface area contributed by atoms with Gasteiger partial charge in [0.1, 0.15) is 4.32 Å². The SMILES string of the molecule is CN(C)C(=S)SCCC(=O)c1ccco1. The van der Waals surface area contributed by atoms with E-state index in [-0.39, 0.29) is 5.78 Å². The smallest absolute Gasteiger partial charge is 0.198 e. The molecule has 0 aromatic carbocycles. The molecule has 1 heterocycles. The molecule has 0 unspecified atom stereocenters. The highest BCUT2D eigenvalue weighted by Gasteiger charge is 2.09. The van der Waals surface area contributed by atoms with Crippen LogP contribution in [0.3, 0.4) is 0 Å². The summed E-state index contributed by atoms with van der Waals surface area (Å²) in [7, 11) is 3.79. The number of nitrogens with zero attached hydrogens (tertiary/aromatic N) is 1. The topological polar surface area (TPSA) is 33.5 Å². The molecule has 0 aliphatic rings. The van der Waals surface area contributed by atoms with Crippen LogP contribution in [0.4, 0.5) is 0 Å². The second-order valence-corrected chi connectivity index (χ2v) is 4.89. The van der Waals surface area contributed by atoms with E-state index in [1.54, 1.807) is 12.1 Å². The maximum atomic E-state index is 11.5. The summed E-state index contributed by atoms with van der Waals surface area (Å²) in [5.41, 5.74) is 0. The van der Waals surface area contributed by atoms with E-state index in [2.05, 4.69) is 0 Å². The number of Topliss-reactive ketones (excluding diaryl/α,β-unsaturated/α-hetero) is 1. The fourth-order valence-corrected chi connectivity index (χ4v) is 1.89. The first-order chi connectivity index (χ1) is 7.11. The number of thioether (sulfide) groups is 1. The minimum atomic E-state index is 0.0223. The van der Waals surface area contributed by atoms with Gasteiger partial charge in [-0.1, -0.05) is 24.0 Å². The molecule has 82 valence electrons. The predicted octanol–water partition coefficient (Wildman–Crippen LogP) is 2.43. The summed E-state index contributed by atoms with van der Waals surface area (Å²) in [6.45, 7) is 0. The highest BCUT2D eigenvalue weighted by molar-refractivity contribution is 8.22. The Morgan fingerprint density at radius 3 is 2.87 bits per heavy atom. The molecule has 0 N–H and O–H groups in total. The van der Waals surface area contributed by atoms with Gasteiger partial charge in [-0.05, 0) is 12.1 Å². The largest absolute Gasteiger partial charge is 0.461 e. The van der Waals surface area contributed by atoms with E-state index < -0.39 is 0 Å². The van der Waals surface area contributed by atoms with Crippen molar-refractivity contribution in [2.45, 2.75) is 6.42 Å². The minimum Gasteiger partial charge on any atom is -0.461 e. The van der Waals surface area contributed by atoms with E-state index in [1.807, 2.05) is 19.0 Å². The molecule has 15 heavy (non-hydrogen) atoms. The third-order valence-electron chi connectivity index (χ3n) is 1.72. The molecule has 1 aromatic heterocycles. The summed E-state index contributed by atoms with van der Waals surface area (Å²) in [6.07, 6.45) is 1.96. The van der Waals surface area contributed by atoms with Crippen molar-refractivity contribution in [1.82, 2.24) is 4.90 Å². The Kier molecular flexibility index (Phi) is 4.84. The van der Waals surface area contributed by atoms with Crippen LogP contribution in [0.25, 0.3) is 0 Å². The zero-order valence-corrected chi connectivity index (χ0v) is 10.4. The van der Waals surface area contributed by atoms with Gasteiger partial charge in [-0.3, -0.25) is 4.79 Å². The molecule has 0 aliphatic carbocycles. The van der Waals surface area contributed by atoms with Crippen LogP contribution in [0.15, 0.2) is 22.8 Å². The molecule has 0 fully saturated rings. The van der Waals surface area contributed by atoms with Gasteiger partial charge in [0, 0.05) is 26.3 Å². The van der Waals surface area contributed by atoms with Crippen LogP contribution in [0, 0.1) is 0 Å². The Hall–Kier alpha value is -0.810. The quantitative estimate of drug-likeness (QED) is 0.599. The molecule has 0 amide bonds. The Bertz CT molecular complexity index is 333. The van der Waals surface area contributed by atoms with Crippen molar-refractivity contribution in [2.24, 2.45) is 0 Å². The van der Waals surface area contributed by atoms with Gasteiger partial charge in [-0.25, -0.2) is 0 Å². The van der Waals surface area contributed by atoms with E-state index in [9.17, 15) is 4.79 Å². The number of carbonyl (C=O) groups excluding carboxylic acids is 1. The van der Waals surface area contributed by atoms with E-state index in [0.717, 1.165) is 4.32 Å². The van der Waals surface area contributed by atoms with Gasteiger partial charge in [-0.2, -0.15) is 0 Å². The number of hydrogen-bond donors (Lipinski definition) is 0. The first-order valence-electron chi connectivity index (χ1n) is 4.52. The van der Waals surface area contributed by atoms with Gasteiger partial charge in [0.25, 0.3) is 0 Å². The second kappa shape index (κ2) is 5.92. The lowest BCUT2D eigenvalue weighted by molar-refractivity contribution is 0.0963. The number of rotatable bonds is 4. The lowest BCUT2D eigenvalue weighted by atomic mass is 10.2. The normalized spacial score (nSPS) is 10.0. The van der Waals surface area contributed by atoms with Gasteiger partial charge in [-0.15, -0.1) is 0 Å². The Morgan fingerprint density at radius 1 is 1.60 bits per heavy atom. The monoisotopic (exact) mass is 243 g/mol. The third-order valence-corrected chi connectivity index (χ3v) is 3.45. The first kappa shape index (κ1) is 12.3. The van der Waals surface area contributed by atoms with Crippen LogP contribution in [-0.4, -0.2) is 34.9 Å². The van der Waals surface area contributed by atoms with Crippen LogP contribution < -0.4 is 0 Å². The van der Waals surface area contributed by atoms with Gasteiger partial charge in [0.05, 0.1) is 6.26 Å². The maximum Gasteiger partial charge on any atom is 0.198 e. The molecule has 1 aromatic rings. The number of hydrogen-bond acceptors (Lipinski definition) is 4. The summed E-state index contributed by atoms with van der Waals surface area (Å²) >= 11 is 6.59. The second-order valence-electron chi connectivity index (χ2n) is 3.16. The lowest BCUT2D eigenvalue weighted by Crippen LogP contribution is -2.16. The Balaban J connectivity index is 2.27. The molecule has 0 saturated carbocycles. The first-order valence-corrected chi connectivity index (χ1v) is 5.91. The van der Waals surface area contributed by atoms with Crippen LogP contribution in [0.2, 0.25) is 0 Å². The average Bonchev–Trinajstić information content (AvgIpc) is 2.70. The molecule has 0 radical (unpaired) electrons. The van der Waals surface area contributed by atoms with Crippen molar-refractivity contribution < 1.29 is 9.21 Å². The van der Waals surface area contributed by atoms with E-state index in [1.165, 1.54) is 18.0 Å². The van der Waals surface area contributed by atoms with E-state index in [0.29, 0.717) is 17.9 Å². The standard InChI is InChI=1S/C10H13NO2S2/c1-11(2)10(14)15-7-5-8(12)9-4-3-6-13-9/h3-4,6H,5,7H2,1-2H3. The van der Waals surface area contributed by atoms with Crippen molar-refractivity contribution in [2.75, 3.05) is 19.8 Å². The van der Waals surface area contributed by atoms with Gasteiger partial charge < -0.3 is 9.32 Å². The van der Waals surface area contributed by atoms with Gasteiger partial charge in [0.15, 0.2) is 11.5 Å². The summed E-state index contributed by atoms with van der Waals surface area (Å²) in [6, 6.07) is 3.39. The minimum absolute atomic E-state index is 0.0223. The van der Waals surface area contributed by atoms with Crippen molar-refractivity contribution >= 4 is 34.1 Å². The molecule has 0 bridgehead atoms. The van der Waals surface area contributed by atoms with Crippen molar-refractivity contribution in [1.29, 1.82) is 0 Å². The lowest BCUT2D eigenvalue weighted by Gasteiger charge is -2.11. The fraction of sp³-hybridized carbons (Fsp3) is 0.400. The van der Waals surface area contributed by atoms with Crippen LogP contribution >= 0.6 is 24.0 Å². The number of carbonyl (C=O) groups is 1. The van der Waals surface area contributed by atoms with Gasteiger partial charge in [0.2, 0.25) is 0 Å². The highest BCUT2D eigenvalue weighted by Crippen LogP contribution is 2.11. The van der Waals surface area contributed by atoms with E-state index in [4.69, 9.17) is 16.6 Å². The predicted molar refractivity (Wildman–Crippen MR) is 66.4 cm³/mol. The zero-order valence-electron chi connectivity index (χ0n) is 8.73. The van der Waals surface area contributed by atoms with Crippen molar-refractivity contribution in [3.05, 3.63) is 24.2 Å². The molecular weight excluding hydrogens is 230 g/mol. The summed E-state index contributed by atoms with van der Waals surface area (Å²) in [5, 5.41) is 0. The molecule has 5 heteroatoms. The number of furan rings is 1. The molecule has 0 spiro atoms. The van der Waals surface area contributed by atoms with Crippen LogP contribution in [0.5, 0.6) is 0 Å². The number of ketones is 1. The van der Waals surface area contributed by atoms with Crippen molar-refractivity contribution in [3.8, 4) is 0 Å². The fourth-order valence-electron chi connectivity index (χ4n) is 0.921. The highest BCUT2D eigenvalue weighted by atomic mass is 32.2.